The van der Waals surface area contributed by atoms with Crippen LogP contribution in [0.1, 0.15) is 16.8 Å². The Morgan fingerprint density at radius 1 is 1.41 bits per heavy atom. The maximum absolute atomic E-state index is 6.14. The quantitative estimate of drug-likeness (QED) is 0.839. The minimum atomic E-state index is 0.786. The van der Waals surface area contributed by atoms with Crippen LogP contribution < -0.4 is 5.32 Å². The summed E-state index contributed by atoms with van der Waals surface area (Å²) in [7, 11) is 0. The second-order valence-corrected chi connectivity index (χ2v) is 4.76. The largest absolute Gasteiger partial charge is 0.311 e. The van der Waals surface area contributed by atoms with E-state index in [4.69, 9.17) is 11.6 Å². The molecule has 1 aliphatic rings. The molecule has 0 atom stereocenters. The number of rotatable bonds is 1. The number of halogens is 1. The van der Waals surface area contributed by atoms with E-state index in [2.05, 4.69) is 16.6 Å². The predicted molar refractivity (Wildman–Crippen MR) is 68.7 cm³/mol. The number of benzene rings is 1. The van der Waals surface area contributed by atoms with Crippen LogP contribution in [-0.2, 0) is 13.0 Å². The molecule has 2 aromatic rings. The number of nitrogens with one attached hydrogen (secondary N) is 1. The predicted octanol–water partition coefficient (Wildman–Crippen LogP) is 2.48. The van der Waals surface area contributed by atoms with E-state index in [9.17, 15) is 0 Å². The van der Waals surface area contributed by atoms with Crippen molar-refractivity contribution in [2.45, 2.75) is 19.9 Å². The molecule has 0 saturated carbocycles. The lowest BCUT2D eigenvalue weighted by Crippen LogP contribution is -2.22. The van der Waals surface area contributed by atoms with Crippen molar-refractivity contribution in [2.24, 2.45) is 0 Å². The van der Waals surface area contributed by atoms with Crippen molar-refractivity contribution in [3.63, 3.8) is 0 Å². The van der Waals surface area contributed by atoms with Crippen LogP contribution in [0.3, 0.4) is 0 Å². The lowest BCUT2D eigenvalue weighted by molar-refractivity contribution is 0.629. The molecule has 0 bridgehead atoms. The van der Waals surface area contributed by atoms with Crippen molar-refractivity contribution in [1.29, 1.82) is 0 Å². The summed E-state index contributed by atoms with van der Waals surface area (Å²) in [5, 5.41) is 8.73. The van der Waals surface area contributed by atoms with E-state index >= 15 is 0 Å². The van der Waals surface area contributed by atoms with Gasteiger partial charge in [-0.15, -0.1) is 0 Å². The number of nitrogens with zero attached hydrogens (tertiary/aromatic N) is 2. The zero-order valence-electron chi connectivity index (χ0n) is 9.70. The van der Waals surface area contributed by atoms with Crippen LogP contribution in [0.25, 0.3) is 5.69 Å². The lowest BCUT2D eigenvalue weighted by atomic mass is 10.1. The average molecular weight is 248 g/mol. The van der Waals surface area contributed by atoms with Gasteiger partial charge in [0, 0.05) is 17.8 Å². The van der Waals surface area contributed by atoms with Crippen molar-refractivity contribution in [2.75, 3.05) is 6.54 Å². The lowest BCUT2D eigenvalue weighted by Gasteiger charge is -2.09. The number of hydrogen-bond acceptors (Lipinski definition) is 2. The molecule has 0 radical (unpaired) electrons. The Balaban J connectivity index is 2.09. The summed E-state index contributed by atoms with van der Waals surface area (Å²) in [5.41, 5.74) is 4.62. The smallest absolute Gasteiger partial charge is 0.0799 e. The van der Waals surface area contributed by atoms with E-state index < -0.39 is 0 Å². The molecule has 17 heavy (non-hydrogen) atoms. The van der Waals surface area contributed by atoms with Crippen LogP contribution in [-0.4, -0.2) is 16.3 Å². The molecule has 3 rings (SSSR count). The van der Waals surface area contributed by atoms with Gasteiger partial charge in [-0.25, -0.2) is 4.68 Å². The Kier molecular flexibility index (Phi) is 2.65. The molecule has 1 N–H and O–H groups in total. The molecule has 1 aliphatic heterocycles. The van der Waals surface area contributed by atoms with E-state index in [1.165, 1.54) is 5.56 Å². The first-order chi connectivity index (χ1) is 8.25. The van der Waals surface area contributed by atoms with Gasteiger partial charge in [0.1, 0.15) is 0 Å². The van der Waals surface area contributed by atoms with Crippen molar-refractivity contribution in [3.8, 4) is 5.69 Å². The highest BCUT2D eigenvalue weighted by Crippen LogP contribution is 2.23. The third-order valence-corrected chi connectivity index (χ3v) is 3.64. The Hall–Kier alpha value is -1.32. The first-order valence-corrected chi connectivity index (χ1v) is 6.17. The SMILES string of the molecule is Cc1c(Cl)cccc1-n1cc2c(n1)CNCC2. The highest BCUT2D eigenvalue weighted by atomic mass is 35.5. The number of aromatic nitrogens is 2. The maximum atomic E-state index is 6.14. The molecular formula is C13H14ClN3. The normalized spacial score (nSPS) is 14.7. The molecule has 0 amide bonds. The van der Waals surface area contributed by atoms with Crippen molar-refractivity contribution < 1.29 is 0 Å². The summed E-state index contributed by atoms with van der Waals surface area (Å²) in [4.78, 5) is 0. The molecule has 0 fully saturated rings. The van der Waals surface area contributed by atoms with Gasteiger partial charge in [0.15, 0.2) is 0 Å². The van der Waals surface area contributed by atoms with Crippen molar-refractivity contribution in [3.05, 3.63) is 46.2 Å². The Labute approximate surface area is 105 Å². The topological polar surface area (TPSA) is 29.9 Å². The maximum Gasteiger partial charge on any atom is 0.0799 e. The highest BCUT2D eigenvalue weighted by molar-refractivity contribution is 6.31. The van der Waals surface area contributed by atoms with Gasteiger partial charge < -0.3 is 5.32 Å². The molecule has 3 nitrogen and oxygen atoms in total. The molecule has 0 aliphatic carbocycles. The van der Waals surface area contributed by atoms with Crippen LogP contribution in [0, 0.1) is 6.92 Å². The van der Waals surface area contributed by atoms with E-state index in [0.717, 1.165) is 41.5 Å². The van der Waals surface area contributed by atoms with Crippen LogP contribution in [0.2, 0.25) is 5.02 Å². The van der Waals surface area contributed by atoms with E-state index in [-0.39, 0.29) is 0 Å². The Bertz CT molecular complexity index is 536. The van der Waals surface area contributed by atoms with Gasteiger partial charge in [-0.1, -0.05) is 17.7 Å². The zero-order valence-corrected chi connectivity index (χ0v) is 10.5. The summed E-state index contributed by atoms with van der Waals surface area (Å²) in [6.45, 7) is 3.92. The van der Waals surface area contributed by atoms with Gasteiger partial charge in [-0.3, -0.25) is 0 Å². The molecule has 2 heterocycles. The van der Waals surface area contributed by atoms with Gasteiger partial charge in [0.25, 0.3) is 0 Å². The van der Waals surface area contributed by atoms with Crippen molar-refractivity contribution >= 4 is 11.6 Å². The minimum absolute atomic E-state index is 0.786. The summed E-state index contributed by atoms with van der Waals surface area (Å²) < 4.78 is 1.94. The Morgan fingerprint density at radius 3 is 3.12 bits per heavy atom. The van der Waals surface area contributed by atoms with Crippen molar-refractivity contribution in [1.82, 2.24) is 15.1 Å². The first kappa shape index (κ1) is 10.8. The first-order valence-electron chi connectivity index (χ1n) is 5.79. The third-order valence-electron chi connectivity index (χ3n) is 3.23. The molecule has 0 spiro atoms. The summed E-state index contributed by atoms with van der Waals surface area (Å²) in [5.74, 6) is 0. The van der Waals surface area contributed by atoms with Gasteiger partial charge in [0.2, 0.25) is 0 Å². The van der Waals surface area contributed by atoms with Crippen LogP contribution in [0.5, 0.6) is 0 Å². The second kappa shape index (κ2) is 4.17. The Morgan fingerprint density at radius 2 is 2.29 bits per heavy atom. The highest BCUT2D eigenvalue weighted by Gasteiger charge is 2.14. The third kappa shape index (κ3) is 1.85. The van der Waals surface area contributed by atoms with Crippen LogP contribution in [0.4, 0.5) is 0 Å². The molecule has 0 saturated heterocycles. The molecular weight excluding hydrogens is 234 g/mol. The van der Waals surface area contributed by atoms with E-state index in [1.807, 2.05) is 29.8 Å². The number of hydrogen-bond donors (Lipinski definition) is 1. The zero-order chi connectivity index (χ0) is 11.8. The minimum Gasteiger partial charge on any atom is -0.311 e. The van der Waals surface area contributed by atoms with E-state index in [0.29, 0.717) is 0 Å². The fourth-order valence-corrected chi connectivity index (χ4v) is 2.37. The van der Waals surface area contributed by atoms with Gasteiger partial charge in [-0.05, 0) is 43.1 Å². The fraction of sp³-hybridized carbons (Fsp3) is 0.308. The van der Waals surface area contributed by atoms with Gasteiger partial charge >= 0.3 is 0 Å². The molecule has 88 valence electrons. The van der Waals surface area contributed by atoms with Crippen LogP contribution >= 0.6 is 11.6 Å². The summed E-state index contributed by atoms with van der Waals surface area (Å²) in [6.07, 6.45) is 3.17. The van der Waals surface area contributed by atoms with E-state index in [1.54, 1.807) is 0 Å². The van der Waals surface area contributed by atoms with Gasteiger partial charge in [0.05, 0.1) is 11.4 Å². The fourth-order valence-electron chi connectivity index (χ4n) is 2.20. The monoisotopic (exact) mass is 247 g/mol. The summed E-state index contributed by atoms with van der Waals surface area (Å²) in [6, 6.07) is 5.92. The molecule has 4 heteroatoms. The standard InChI is InChI=1S/C13H14ClN3/c1-9-11(14)3-2-4-13(9)17-8-10-5-6-15-7-12(10)16-17/h2-4,8,15H,5-7H2,1H3. The molecule has 1 aromatic heterocycles. The van der Waals surface area contributed by atoms with Crippen LogP contribution in [0.15, 0.2) is 24.4 Å². The summed E-state index contributed by atoms with van der Waals surface area (Å²) >= 11 is 6.14. The average Bonchev–Trinajstić information content (AvgIpc) is 2.76. The van der Waals surface area contributed by atoms with Gasteiger partial charge in [-0.2, -0.15) is 5.10 Å². The second-order valence-electron chi connectivity index (χ2n) is 4.36. The number of fused-ring (bicyclic) bond motifs is 1. The molecule has 1 aromatic carbocycles. The molecule has 0 unspecified atom stereocenters.